The second-order valence-corrected chi connectivity index (χ2v) is 8.28. The maximum atomic E-state index is 12.2. The van der Waals surface area contributed by atoms with Crippen LogP contribution in [-0.2, 0) is 14.8 Å². The number of carbonyl (C=O) groups is 1. The molecule has 1 amide bonds. The van der Waals surface area contributed by atoms with E-state index >= 15 is 0 Å². The van der Waals surface area contributed by atoms with Crippen molar-refractivity contribution in [2.75, 3.05) is 17.1 Å². The zero-order chi connectivity index (χ0) is 20.2. The van der Waals surface area contributed by atoms with E-state index in [-0.39, 0.29) is 21.5 Å². The lowest BCUT2D eigenvalue weighted by Gasteiger charge is -2.22. The summed E-state index contributed by atoms with van der Waals surface area (Å²) in [6.45, 7) is 1.05. The van der Waals surface area contributed by atoms with Crippen molar-refractivity contribution < 1.29 is 18.3 Å². The molecule has 2 aromatic carbocycles. The molecule has 0 heterocycles. The smallest absolute Gasteiger partial charge is 0.260 e. The zero-order valence-electron chi connectivity index (χ0n) is 14.5. The van der Waals surface area contributed by atoms with Crippen molar-refractivity contribution in [1.82, 2.24) is 5.43 Å². The molecule has 0 unspecified atom stereocenters. The van der Waals surface area contributed by atoms with Crippen LogP contribution in [0.1, 0.15) is 12.5 Å². The number of para-hydroxylation sites is 1. The Morgan fingerprint density at radius 3 is 2.48 bits per heavy atom. The predicted octanol–water partition coefficient (Wildman–Crippen LogP) is 3.01. The third-order valence-corrected chi connectivity index (χ3v) is 5.46. The Labute approximate surface area is 167 Å². The number of phenolic OH excluding ortho intramolecular Hbond substituents is 1. The third-order valence-electron chi connectivity index (χ3n) is 3.53. The lowest BCUT2D eigenvalue weighted by molar-refractivity contribution is -0.119. The summed E-state index contributed by atoms with van der Waals surface area (Å²) < 4.78 is 25.1. The highest BCUT2D eigenvalue weighted by Crippen LogP contribution is 2.33. The molecule has 0 spiro atoms. The molecule has 27 heavy (non-hydrogen) atoms. The van der Waals surface area contributed by atoms with Crippen LogP contribution in [0.2, 0.25) is 10.0 Å². The maximum Gasteiger partial charge on any atom is 0.260 e. The summed E-state index contributed by atoms with van der Waals surface area (Å²) in [6, 6.07) is 11.0. The van der Waals surface area contributed by atoms with Gasteiger partial charge < -0.3 is 5.11 Å². The number of nitrogens with one attached hydrogen (secondary N) is 1. The molecule has 0 atom stereocenters. The Morgan fingerprint density at radius 2 is 1.85 bits per heavy atom. The molecule has 0 saturated heterocycles. The monoisotopic (exact) mass is 429 g/mol. The number of hydrogen-bond acceptors (Lipinski definition) is 5. The van der Waals surface area contributed by atoms with Gasteiger partial charge in [-0.15, -0.1) is 0 Å². The minimum atomic E-state index is -3.81. The molecular weight excluding hydrogens is 413 g/mol. The molecule has 2 N–H and O–H groups in total. The van der Waals surface area contributed by atoms with Gasteiger partial charge in [0.05, 0.1) is 27.7 Å². The van der Waals surface area contributed by atoms with Gasteiger partial charge in [-0.2, -0.15) is 5.10 Å². The number of rotatable bonds is 6. The van der Waals surface area contributed by atoms with Crippen LogP contribution in [0.15, 0.2) is 47.6 Å². The summed E-state index contributed by atoms with van der Waals surface area (Å²) >= 11 is 12.0. The summed E-state index contributed by atoms with van der Waals surface area (Å²) in [5, 5.41) is 13.9. The van der Waals surface area contributed by atoms with Gasteiger partial charge in [0.25, 0.3) is 5.91 Å². The molecule has 2 rings (SSSR count). The van der Waals surface area contributed by atoms with E-state index in [0.29, 0.717) is 11.3 Å². The number of phenols is 1. The second kappa shape index (κ2) is 8.60. The van der Waals surface area contributed by atoms with Gasteiger partial charge in [-0.1, -0.05) is 41.4 Å². The Hall–Kier alpha value is -2.29. The van der Waals surface area contributed by atoms with Gasteiger partial charge in [0, 0.05) is 5.56 Å². The molecule has 0 aliphatic rings. The van der Waals surface area contributed by atoms with Crippen LogP contribution in [0, 0.1) is 0 Å². The number of aromatic hydroxyl groups is 1. The Balaban J connectivity index is 2.21. The zero-order valence-corrected chi connectivity index (χ0v) is 16.8. The number of sulfonamides is 1. The fourth-order valence-corrected chi connectivity index (χ4v) is 3.53. The highest BCUT2D eigenvalue weighted by molar-refractivity contribution is 7.92. The molecule has 10 heteroatoms. The Kier molecular flexibility index (Phi) is 6.69. The molecule has 0 fully saturated rings. The molecular formula is C17H17Cl2N3O4S. The topological polar surface area (TPSA) is 99.1 Å². The van der Waals surface area contributed by atoms with Crippen LogP contribution in [0.3, 0.4) is 0 Å². The summed E-state index contributed by atoms with van der Waals surface area (Å²) in [5.41, 5.74) is 3.15. The van der Waals surface area contributed by atoms with Gasteiger partial charge in [-0.25, -0.2) is 13.8 Å². The average molecular weight is 430 g/mol. The van der Waals surface area contributed by atoms with Crippen molar-refractivity contribution in [1.29, 1.82) is 0 Å². The highest BCUT2D eigenvalue weighted by atomic mass is 35.5. The van der Waals surface area contributed by atoms with E-state index in [1.54, 1.807) is 25.1 Å². The van der Waals surface area contributed by atoms with Gasteiger partial charge in [-0.3, -0.25) is 9.10 Å². The van der Waals surface area contributed by atoms with E-state index in [4.69, 9.17) is 23.2 Å². The Morgan fingerprint density at radius 1 is 1.19 bits per heavy atom. The number of hydrazone groups is 1. The highest BCUT2D eigenvalue weighted by Gasteiger charge is 2.23. The number of benzene rings is 2. The average Bonchev–Trinajstić information content (AvgIpc) is 2.60. The van der Waals surface area contributed by atoms with E-state index < -0.39 is 22.5 Å². The van der Waals surface area contributed by atoms with Crippen molar-refractivity contribution >= 4 is 50.5 Å². The maximum absolute atomic E-state index is 12.2. The SMILES string of the molecule is C/C(=N\NC(=O)CN(c1cccc(Cl)c1Cl)S(C)(=O)=O)c1ccccc1O. The largest absolute Gasteiger partial charge is 0.507 e. The van der Waals surface area contributed by atoms with Gasteiger partial charge >= 0.3 is 0 Å². The van der Waals surface area contributed by atoms with E-state index in [9.17, 15) is 18.3 Å². The lowest BCUT2D eigenvalue weighted by Crippen LogP contribution is -2.39. The lowest BCUT2D eigenvalue weighted by atomic mass is 10.1. The van der Waals surface area contributed by atoms with Gasteiger partial charge in [-0.05, 0) is 31.2 Å². The van der Waals surface area contributed by atoms with Crippen molar-refractivity contribution in [3.05, 3.63) is 58.1 Å². The molecule has 0 aliphatic heterocycles. The van der Waals surface area contributed by atoms with Crippen molar-refractivity contribution in [3.8, 4) is 5.75 Å². The number of amides is 1. The molecule has 0 bridgehead atoms. The molecule has 2 aromatic rings. The fourth-order valence-electron chi connectivity index (χ4n) is 2.22. The first-order chi connectivity index (χ1) is 12.6. The molecule has 7 nitrogen and oxygen atoms in total. The number of hydrogen-bond donors (Lipinski definition) is 2. The van der Waals surface area contributed by atoms with Crippen molar-refractivity contribution in [2.24, 2.45) is 5.10 Å². The first-order valence-corrected chi connectivity index (χ1v) is 10.2. The van der Waals surface area contributed by atoms with E-state index in [2.05, 4.69) is 10.5 Å². The standard InChI is InChI=1S/C17H17Cl2N3O4S/c1-11(12-6-3-4-9-15(12)23)20-21-16(24)10-22(27(2,25)26)14-8-5-7-13(18)17(14)19/h3-9,23H,10H2,1-2H3,(H,21,24)/b20-11+. The van der Waals surface area contributed by atoms with Crippen LogP contribution in [-0.4, -0.2) is 37.9 Å². The second-order valence-electron chi connectivity index (χ2n) is 5.59. The number of nitrogens with zero attached hydrogens (tertiary/aromatic N) is 2. The van der Waals surface area contributed by atoms with Crippen LogP contribution in [0.4, 0.5) is 5.69 Å². The predicted molar refractivity (Wildman–Crippen MR) is 107 cm³/mol. The third kappa shape index (κ3) is 5.35. The molecule has 0 aliphatic carbocycles. The van der Waals surface area contributed by atoms with Crippen molar-refractivity contribution in [3.63, 3.8) is 0 Å². The van der Waals surface area contributed by atoms with Crippen LogP contribution >= 0.6 is 23.2 Å². The molecule has 0 aromatic heterocycles. The summed E-state index contributed by atoms with van der Waals surface area (Å²) in [5.74, 6) is -0.678. The first kappa shape index (κ1) is 21.0. The number of carbonyl (C=O) groups excluding carboxylic acids is 1. The Bertz CT molecular complexity index is 993. The first-order valence-electron chi connectivity index (χ1n) is 7.64. The van der Waals surface area contributed by atoms with Gasteiger partial charge in [0.15, 0.2) is 0 Å². The van der Waals surface area contributed by atoms with Gasteiger partial charge in [0.2, 0.25) is 10.0 Å². The minimum Gasteiger partial charge on any atom is -0.507 e. The van der Waals surface area contributed by atoms with Crippen LogP contribution in [0.25, 0.3) is 0 Å². The van der Waals surface area contributed by atoms with E-state index in [1.165, 1.54) is 24.3 Å². The van der Waals surface area contributed by atoms with Crippen LogP contribution < -0.4 is 9.73 Å². The van der Waals surface area contributed by atoms with E-state index in [0.717, 1.165) is 10.6 Å². The fraction of sp³-hybridized carbons (Fsp3) is 0.176. The summed E-state index contributed by atoms with van der Waals surface area (Å²) in [7, 11) is -3.81. The van der Waals surface area contributed by atoms with E-state index in [1.807, 2.05) is 0 Å². The van der Waals surface area contributed by atoms with Crippen molar-refractivity contribution in [2.45, 2.75) is 6.92 Å². The molecule has 0 saturated carbocycles. The quantitative estimate of drug-likeness (QED) is 0.544. The summed E-state index contributed by atoms with van der Waals surface area (Å²) in [4.78, 5) is 12.2. The normalized spacial score (nSPS) is 11.9. The molecule has 0 radical (unpaired) electrons. The number of anilines is 1. The minimum absolute atomic E-state index is 0.0106. The van der Waals surface area contributed by atoms with Gasteiger partial charge in [0.1, 0.15) is 12.3 Å². The molecule has 144 valence electrons. The van der Waals surface area contributed by atoms with Crippen LogP contribution in [0.5, 0.6) is 5.75 Å². The summed E-state index contributed by atoms with van der Waals surface area (Å²) in [6.07, 6.45) is 0.952. The number of halogens is 2.